The molecule has 0 unspecified atom stereocenters. The minimum absolute atomic E-state index is 0.0530. The molecule has 2 aromatic carbocycles. The summed E-state index contributed by atoms with van der Waals surface area (Å²) in [6, 6.07) is 17.0. The van der Waals surface area contributed by atoms with Crippen LogP contribution in [0.4, 0.5) is 5.69 Å². The first-order valence-corrected chi connectivity index (χ1v) is 6.03. The second-order valence-corrected chi connectivity index (χ2v) is 4.13. The van der Waals surface area contributed by atoms with Gasteiger partial charge in [0.1, 0.15) is 0 Å². The summed E-state index contributed by atoms with van der Waals surface area (Å²) in [7, 11) is 0. The van der Waals surface area contributed by atoms with Crippen LogP contribution in [0, 0.1) is 0 Å². The fraction of sp³-hybridized carbons (Fsp3) is 0.133. The predicted molar refractivity (Wildman–Crippen MR) is 75.1 cm³/mol. The van der Waals surface area contributed by atoms with Crippen molar-refractivity contribution in [3.63, 3.8) is 0 Å². The van der Waals surface area contributed by atoms with Crippen molar-refractivity contribution in [3.05, 3.63) is 65.7 Å². The van der Waals surface area contributed by atoms with E-state index in [1.165, 1.54) is 0 Å². The zero-order valence-electron chi connectivity index (χ0n) is 10.7. The van der Waals surface area contributed by atoms with Crippen LogP contribution in [0.15, 0.2) is 64.9 Å². The number of anilines is 1. The fourth-order valence-corrected chi connectivity index (χ4v) is 1.57. The molecular formula is C15H15N3O. The van der Waals surface area contributed by atoms with Crippen LogP contribution in [-0.2, 0) is 6.54 Å². The van der Waals surface area contributed by atoms with Crippen LogP contribution in [0.1, 0.15) is 22.8 Å². The van der Waals surface area contributed by atoms with E-state index < -0.39 is 0 Å². The Morgan fingerprint density at radius 2 is 1.74 bits per heavy atom. The van der Waals surface area contributed by atoms with Gasteiger partial charge in [-0.25, -0.2) is 0 Å². The molecule has 4 heteroatoms. The molecule has 0 bridgehead atoms. The fourth-order valence-electron chi connectivity index (χ4n) is 1.57. The van der Waals surface area contributed by atoms with E-state index in [2.05, 4.69) is 15.8 Å². The summed E-state index contributed by atoms with van der Waals surface area (Å²) in [4.78, 5) is 11.1. The number of ketones is 1. The van der Waals surface area contributed by atoms with Crippen LogP contribution in [0.2, 0.25) is 0 Å². The number of nitrogens with one attached hydrogen (secondary N) is 1. The van der Waals surface area contributed by atoms with Crippen molar-refractivity contribution in [1.29, 1.82) is 0 Å². The number of carbonyl (C=O) groups excluding carboxylic acids is 1. The smallest absolute Gasteiger partial charge is 0.159 e. The Morgan fingerprint density at radius 1 is 1.05 bits per heavy atom. The zero-order valence-corrected chi connectivity index (χ0v) is 10.7. The third-order valence-corrected chi connectivity index (χ3v) is 2.64. The molecule has 0 aliphatic carbocycles. The van der Waals surface area contributed by atoms with E-state index in [4.69, 9.17) is 0 Å². The molecule has 0 amide bonds. The maximum absolute atomic E-state index is 11.1. The number of carbonyl (C=O) groups is 1. The van der Waals surface area contributed by atoms with Crippen LogP contribution >= 0.6 is 0 Å². The number of Topliss-reactive ketones (excluding diaryl/α,β-unsaturated/α-hetero) is 1. The molecule has 2 aromatic rings. The van der Waals surface area contributed by atoms with Gasteiger partial charge in [-0.15, -0.1) is 0 Å². The summed E-state index contributed by atoms with van der Waals surface area (Å²) < 4.78 is 0. The first kappa shape index (κ1) is 13.0. The third-order valence-electron chi connectivity index (χ3n) is 2.64. The van der Waals surface area contributed by atoms with Crippen molar-refractivity contribution in [2.45, 2.75) is 13.5 Å². The molecule has 0 fully saturated rings. The van der Waals surface area contributed by atoms with Gasteiger partial charge in [-0.2, -0.15) is 5.11 Å². The van der Waals surface area contributed by atoms with Gasteiger partial charge in [-0.05, 0) is 36.8 Å². The van der Waals surface area contributed by atoms with Crippen molar-refractivity contribution in [3.8, 4) is 0 Å². The maximum Gasteiger partial charge on any atom is 0.159 e. The van der Waals surface area contributed by atoms with Crippen LogP contribution in [-0.4, -0.2) is 5.78 Å². The van der Waals surface area contributed by atoms with Gasteiger partial charge >= 0.3 is 0 Å². The second-order valence-electron chi connectivity index (χ2n) is 4.13. The molecule has 0 atom stereocenters. The standard InChI is InChI=1S/C15H15N3O/c1-12(19)14-7-9-15(10-8-14)17-18-16-11-13-5-3-2-4-6-13/h2-10H,11H2,1H3,(H,16,17). The van der Waals surface area contributed by atoms with E-state index in [0.717, 1.165) is 11.3 Å². The van der Waals surface area contributed by atoms with Gasteiger partial charge in [0.15, 0.2) is 5.78 Å². The normalized spacial score (nSPS) is 10.6. The lowest BCUT2D eigenvalue weighted by atomic mass is 10.1. The summed E-state index contributed by atoms with van der Waals surface area (Å²) >= 11 is 0. The van der Waals surface area contributed by atoms with Gasteiger partial charge < -0.3 is 0 Å². The van der Waals surface area contributed by atoms with Crippen LogP contribution in [0.3, 0.4) is 0 Å². The van der Waals surface area contributed by atoms with Gasteiger partial charge in [0.2, 0.25) is 0 Å². The van der Waals surface area contributed by atoms with E-state index in [1.54, 1.807) is 31.2 Å². The molecule has 19 heavy (non-hydrogen) atoms. The van der Waals surface area contributed by atoms with Crippen LogP contribution < -0.4 is 5.43 Å². The molecule has 0 saturated heterocycles. The monoisotopic (exact) mass is 253 g/mol. The molecule has 0 heterocycles. The first-order chi connectivity index (χ1) is 9.25. The maximum atomic E-state index is 11.1. The molecule has 0 aliphatic rings. The topological polar surface area (TPSA) is 53.8 Å². The zero-order chi connectivity index (χ0) is 13.5. The Morgan fingerprint density at radius 3 is 2.37 bits per heavy atom. The lowest BCUT2D eigenvalue weighted by Gasteiger charge is -2.00. The number of rotatable bonds is 5. The van der Waals surface area contributed by atoms with E-state index in [1.807, 2.05) is 30.3 Å². The number of hydrogen-bond acceptors (Lipinski definition) is 3. The predicted octanol–water partition coefficient (Wildman–Crippen LogP) is 3.87. The molecule has 1 N–H and O–H groups in total. The number of hydrogen-bond donors (Lipinski definition) is 1. The van der Waals surface area contributed by atoms with E-state index in [-0.39, 0.29) is 5.78 Å². The molecule has 0 aromatic heterocycles. The molecule has 4 nitrogen and oxygen atoms in total. The lowest BCUT2D eigenvalue weighted by Crippen LogP contribution is -1.92. The first-order valence-electron chi connectivity index (χ1n) is 6.03. The SMILES string of the molecule is CC(=O)c1ccc(NN=NCc2ccccc2)cc1. The Bertz CT molecular complexity index is 562. The second kappa shape index (κ2) is 6.44. The van der Waals surface area contributed by atoms with E-state index >= 15 is 0 Å². The summed E-state index contributed by atoms with van der Waals surface area (Å²) in [5, 5.41) is 7.94. The number of nitrogens with zero attached hydrogens (tertiary/aromatic N) is 2. The van der Waals surface area contributed by atoms with Crippen molar-refractivity contribution in [2.24, 2.45) is 10.3 Å². The quantitative estimate of drug-likeness (QED) is 0.499. The highest BCUT2D eigenvalue weighted by atomic mass is 16.1. The average molecular weight is 253 g/mol. The van der Waals surface area contributed by atoms with Crippen molar-refractivity contribution >= 4 is 11.5 Å². The Hall–Kier alpha value is -2.49. The number of benzene rings is 2. The van der Waals surface area contributed by atoms with Crippen molar-refractivity contribution in [1.82, 2.24) is 0 Å². The molecule has 0 saturated carbocycles. The highest BCUT2D eigenvalue weighted by Gasteiger charge is 1.97. The van der Waals surface area contributed by atoms with Gasteiger partial charge in [-0.1, -0.05) is 35.6 Å². The Kier molecular flexibility index (Phi) is 4.39. The Labute approximate surface area is 112 Å². The summed E-state index contributed by atoms with van der Waals surface area (Å²) in [6.07, 6.45) is 0. The Balaban J connectivity index is 1.86. The van der Waals surface area contributed by atoms with Gasteiger partial charge in [-0.3, -0.25) is 10.2 Å². The third kappa shape index (κ3) is 4.03. The lowest BCUT2D eigenvalue weighted by molar-refractivity contribution is 0.101. The van der Waals surface area contributed by atoms with E-state index in [0.29, 0.717) is 12.1 Å². The minimum atomic E-state index is 0.0530. The molecule has 0 spiro atoms. The summed E-state index contributed by atoms with van der Waals surface area (Å²) in [5.41, 5.74) is 5.43. The highest BCUT2D eigenvalue weighted by Crippen LogP contribution is 2.10. The molecule has 2 rings (SSSR count). The van der Waals surface area contributed by atoms with Gasteiger partial charge in [0, 0.05) is 5.56 Å². The highest BCUT2D eigenvalue weighted by molar-refractivity contribution is 5.94. The van der Waals surface area contributed by atoms with Crippen molar-refractivity contribution in [2.75, 3.05) is 5.43 Å². The van der Waals surface area contributed by atoms with Crippen LogP contribution in [0.25, 0.3) is 0 Å². The molecule has 96 valence electrons. The largest absolute Gasteiger partial charge is 0.295 e. The summed E-state index contributed by atoms with van der Waals surface area (Å²) in [5.74, 6) is 0.0530. The van der Waals surface area contributed by atoms with Crippen molar-refractivity contribution < 1.29 is 4.79 Å². The van der Waals surface area contributed by atoms with E-state index in [9.17, 15) is 4.79 Å². The average Bonchev–Trinajstić information content (AvgIpc) is 2.45. The van der Waals surface area contributed by atoms with Crippen LogP contribution in [0.5, 0.6) is 0 Å². The molecule has 0 radical (unpaired) electrons. The molecular weight excluding hydrogens is 238 g/mol. The van der Waals surface area contributed by atoms with Gasteiger partial charge in [0.05, 0.1) is 12.2 Å². The van der Waals surface area contributed by atoms with Gasteiger partial charge in [0.25, 0.3) is 0 Å². The minimum Gasteiger partial charge on any atom is -0.295 e. The molecule has 0 aliphatic heterocycles. The summed E-state index contributed by atoms with van der Waals surface area (Å²) in [6.45, 7) is 2.08.